The summed E-state index contributed by atoms with van der Waals surface area (Å²) < 4.78 is 13.6. The summed E-state index contributed by atoms with van der Waals surface area (Å²) in [5, 5.41) is 9.80. The van der Waals surface area contributed by atoms with Gasteiger partial charge in [0.25, 0.3) is 5.91 Å². The minimum absolute atomic E-state index is 0.0188. The first kappa shape index (κ1) is 36.3. The highest BCUT2D eigenvalue weighted by atomic mass is 79.9. The number of halogens is 2. The maximum absolute atomic E-state index is 15.1. The molecule has 12 heteroatoms. The number of para-hydroxylation sites is 1. The topological polar surface area (TPSA) is 117 Å². The number of aryl methyl sites for hydroxylation is 1. The van der Waals surface area contributed by atoms with Gasteiger partial charge in [0.05, 0.1) is 22.7 Å². The number of amides is 3. The molecule has 0 aliphatic carbocycles. The van der Waals surface area contributed by atoms with Crippen molar-refractivity contribution in [2.24, 2.45) is 11.8 Å². The summed E-state index contributed by atoms with van der Waals surface area (Å²) in [7, 11) is 1.70. The van der Waals surface area contributed by atoms with Crippen molar-refractivity contribution in [3.63, 3.8) is 0 Å². The molecule has 4 aliphatic rings. The number of rotatable bonds is 7. The van der Waals surface area contributed by atoms with Crippen molar-refractivity contribution in [2.75, 3.05) is 31.6 Å². The number of likely N-dealkylation sites (N-methyl/N-ethyl adjacent to an activating group) is 1. The number of fused-ring (bicyclic) bond motifs is 2. The van der Waals surface area contributed by atoms with E-state index in [1.54, 1.807) is 33.9 Å². The maximum Gasteiger partial charge on any atom is 0.313 e. The third-order valence-electron chi connectivity index (χ3n) is 10.5. The lowest BCUT2D eigenvalue weighted by atomic mass is 9.74. The van der Waals surface area contributed by atoms with Gasteiger partial charge in [-0.05, 0) is 62.8 Å². The number of cyclic esters (lactones) is 1. The number of esters is 1. The van der Waals surface area contributed by atoms with Gasteiger partial charge in [0.2, 0.25) is 11.8 Å². The van der Waals surface area contributed by atoms with Crippen LogP contribution in [0.2, 0.25) is 5.02 Å². The van der Waals surface area contributed by atoms with E-state index in [4.69, 9.17) is 21.1 Å². The number of carbonyl (C=O) groups is 4. The van der Waals surface area contributed by atoms with Gasteiger partial charge in [0, 0.05) is 37.6 Å². The zero-order chi connectivity index (χ0) is 35.7. The summed E-state index contributed by atoms with van der Waals surface area (Å²) >= 11 is 10.4. The lowest BCUT2D eigenvalue weighted by Crippen LogP contribution is -2.56. The van der Waals surface area contributed by atoms with Crippen LogP contribution in [0.15, 0.2) is 71.2 Å². The second-order valence-electron chi connectivity index (χ2n) is 13.5. The molecule has 0 unspecified atom stereocenters. The van der Waals surface area contributed by atoms with Crippen molar-refractivity contribution in [3.05, 3.63) is 87.4 Å². The van der Waals surface area contributed by atoms with Crippen molar-refractivity contribution in [1.29, 1.82) is 0 Å². The van der Waals surface area contributed by atoms with E-state index in [2.05, 4.69) is 15.9 Å². The predicted molar refractivity (Wildman–Crippen MR) is 192 cm³/mol. The smallest absolute Gasteiger partial charge is 0.313 e. The average Bonchev–Trinajstić information content (AvgIpc) is 3.69. The van der Waals surface area contributed by atoms with Gasteiger partial charge < -0.3 is 29.3 Å². The van der Waals surface area contributed by atoms with Crippen LogP contribution in [0.1, 0.15) is 56.3 Å². The van der Waals surface area contributed by atoms with Gasteiger partial charge in [-0.3, -0.25) is 19.2 Å². The number of hydrogen-bond donors (Lipinski definition) is 1. The zero-order valence-corrected chi connectivity index (χ0v) is 30.8. The van der Waals surface area contributed by atoms with Crippen LogP contribution in [-0.4, -0.2) is 89.1 Å². The Morgan fingerprint density at radius 2 is 1.74 bits per heavy atom. The second-order valence-corrected chi connectivity index (χ2v) is 14.8. The predicted octanol–water partition coefficient (Wildman–Crippen LogP) is 5.50. The molecule has 4 aliphatic heterocycles. The van der Waals surface area contributed by atoms with Crippen molar-refractivity contribution in [1.82, 2.24) is 9.80 Å². The Bertz CT molecular complexity index is 1680. The fourth-order valence-electron chi connectivity index (χ4n) is 7.88. The fraction of sp³-hybridized carbons (Fsp3) is 0.474. The van der Waals surface area contributed by atoms with Gasteiger partial charge in [-0.25, -0.2) is 0 Å². The van der Waals surface area contributed by atoms with E-state index in [1.165, 1.54) is 0 Å². The number of likely N-dealkylation sites (tertiary alicyclic amines) is 1. The molecular weight excluding hydrogens is 726 g/mol. The van der Waals surface area contributed by atoms with E-state index in [1.807, 2.05) is 68.5 Å². The van der Waals surface area contributed by atoms with Crippen molar-refractivity contribution >= 4 is 56.9 Å². The lowest BCUT2D eigenvalue weighted by molar-refractivity contribution is -0.164. The quantitative estimate of drug-likeness (QED) is 0.225. The largest absolute Gasteiger partial charge is 0.455 e. The molecule has 5 bridgehead atoms. The Hall–Kier alpha value is -3.51. The van der Waals surface area contributed by atoms with Crippen LogP contribution in [0.4, 0.5) is 5.69 Å². The van der Waals surface area contributed by atoms with Crippen LogP contribution in [-0.2, 0) is 28.7 Å². The Balaban J connectivity index is 1.49. The molecule has 7 atom stereocenters. The van der Waals surface area contributed by atoms with E-state index >= 15 is 4.79 Å². The first-order chi connectivity index (χ1) is 24.0. The number of carbonyl (C=O) groups excluding carboxylic acids is 4. The Morgan fingerprint density at radius 1 is 0.980 bits per heavy atom. The summed E-state index contributed by atoms with van der Waals surface area (Å²) in [6.07, 6.45) is 6.20. The average molecular weight is 769 g/mol. The molecule has 2 fully saturated rings. The maximum atomic E-state index is 15.1. The Morgan fingerprint density at radius 3 is 2.46 bits per heavy atom. The van der Waals surface area contributed by atoms with Crippen molar-refractivity contribution in [2.45, 2.75) is 75.8 Å². The highest BCUT2D eigenvalue weighted by Crippen LogP contribution is 2.59. The third kappa shape index (κ3) is 6.42. The normalized spacial score (nSPS) is 30.8. The van der Waals surface area contributed by atoms with E-state index in [0.717, 1.165) is 5.56 Å². The minimum Gasteiger partial charge on any atom is -0.455 e. The summed E-state index contributed by atoms with van der Waals surface area (Å²) in [5.74, 6) is -3.61. The molecule has 3 amide bonds. The number of benzene rings is 2. The second kappa shape index (κ2) is 15.0. The molecule has 266 valence electrons. The summed E-state index contributed by atoms with van der Waals surface area (Å²) in [4.78, 5) is 62.4. The van der Waals surface area contributed by atoms with Crippen molar-refractivity contribution < 1.29 is 33.8 Å². The van der Waals surface area contributed by atoms with Gasteiger partial charge >= 0.3 is 5.97 Å². The molecule has 2 aromatic rings. The molecule has 0 aromatic heterocycles. The van der Waals surface area contributed by atoms with Crippen LogP contribution in [0.5, 0.6) is 0 Å². The molecule has 6 rings (SSSR count). The molecule has 2 aromatic carbocycles. The Labute approximate surface area is 306 Å². The molecule has 4 heterocycles. The summed E-state index contributed by atoms with van der Waals surface area (Å²) in [6, 6.07) is 13.0. The number of ether oxygens (including phenoxy) is 2. The SMILES string of the molecule is Cc1cccc(Cl)c1N1C/C=C\CCC(=O)N(C)[C@@H](C)[C@H](c2ccccc2)OC(=O)[C@H]2[C@@H]3O[C@@]4(C=C3Br)[C@@H]2C(=O)N(CCCCCO)[C@@H]4C1=O. The summed E-state index contributed by atoms with van der Waals surface area (Å²) in [6.45, 7) is 4.09. The van der Waals surface area contributed by atoms with E-state index in [0.29, 0.717) is 46.4 Å². The number of nitrogens with zero attached hydrogens (tertiary/aromatic N) is 3. The molecule has 50 heavy (non-hydrogen) atoms. The van der Waals surface area contributed by atoms with Gasteiger partial charge in [-0.2, -0.15) is 0 Å². The van der Waals surface area contributed by atoms with Gasteiger partial charge in [0.1, 0.15) is 29.8 Å². The molecule has 0 radical (unpaired) electrons. The van der Waals surface area contributed by atoms with Crippen LogP contribution < -0.4 is 4.90 Å². The summed E-state index contributed by atoms with van der Waals surface area (Å²) in [5.41, 5.74) is 0.535. The molecule has 10 nitrogen and oxygen atoms in total. The molecule has 2 saturated heterocycles. The number of allylic oxidation sites excluding steroid dienone is 1. The highest BCUT2D eigenvalue weighted by Gasteiger charge is 2.75. The minimum atomic E-state index is -1.45. The van der Waals surface area contributed by atoms with Gasteiger partial charge in [-0.15, -0.1) is 0 Å². The van der Waals surface area contributed by atoms with Crippen LogP contribution in [0.3, 0.4) is 0 Å². The highest BCUT2D eigenvalue weighted by molar-refractivity contribution is 9.11. The number of anilines is 1. The Kier molecular flexibility index (Phi) is 10.9. The standard InChI is InChI=1S/C38H43BrClN3O7/c1-23-14-13-17-27(40)31(23)42-19-10-5-9-18-28(45)41(3)24(2)32(25-15-7-4-8-16-25)49-37(48)29-30-35(46)43(20-11-6-12-21-44)34(36(42)47)38(30)22-26(39)33(29)50-38/h4-5,7-8,10,13-17,22,24,29-30,32-34,44H,6,9,11-12,18-21H2,1-3H3/b10-5-/t24-,29+,30-,32+,33+,34+,38-/m0/s1. The molecule has 0 saturated carbocycles. The molecule has 1 spiro atoms. The van der Waals surface area contributed by atoms with Crippen LogP contribution in [0, 0.1) is 18.8 Å². The number of unbranched alkanes of at least 4 members (excludes halogenated alkanes) is 2. The number of hydrogen-bond acceptors (Lipinski definition) is 7. The first-order valence-electron chi connectivity index (χ1n) is 17.2. The lowest BCUT2D eigenvalue weighted by Gasteiger charge is -2.36. The van der Waals surface area contributed by atoms with Crippen LogP contribution in [0.25, 0.3) is 0 Å². The number of aliphatic hydroxyl groups excluding tert-OH is 1. The monoisotopic (exact) mass is 767 g/mol. The molecule has 1 N–H and O–H groups in total. The fourth-order valence-corrected chi connectivity index (χ4v) is 8.94. The van der Waals surface area contributed by atoms with Gasteiger partial charge in [-0.1, -0.05) is 82.1 Å². The molecular formula is C38H43BrClN3O7. The van der Waals surface area contributed by atoms with Gasteiger partial charge in [0.15, 0.2) is 0 Å². The first-order valence-corrected chi connectivity index (χ1v) is 18.4. The van der Waals surface area contributed by atoms with E-state index in [-0.39, 0.29) is 37.9 Å². The number of aliphatic hydroxyl groups is 1. The van der Waals surface area contributed by atoms with Crippen molar-refractivity contribution in [3.8, 4) is 0 Å². The van der Waals surface area contributed by atoms with Crippen LogP contribution >= 0.6 is 27.5 Å². The zero-order valence-electron chi connectivity index (χ0n) is 28.5. The van der Waals surface area contributed by atoms with E-state index in [9.17, 15) is 19.5 Å². The van der Waals surface area contributed by atoms with E-state index < -0.39 is 53.6 Å². The third-order valence-corrected chi connectivity index (χ3v) is 11.5.